The molecule has 0 saturated carbocycles. The molecule has 1 atom stereocenters. The van der Waals surface area contributed by atoms with E-state index in [0.29, 0.717) is 11.3 Å². The molecular weight excluding hydrogens is 258 g/mol. The summed E-state index contributed by atoms with van der Waals surface area (Å²) in [6.07, 6.45) is 2.90. The van der Waals surface area contributed by atoms with Crippen molar-refractivity contribution in [2.24, 2.45) is 0 Å². The molecule has 6 heteroatoms. The molecule has 1 fully saturated rings. The van der Waals surface area contributed by atoms with Crippen molar-refractivity contribution in [1.29, 1.82) is 0 Å². The third-order valence-corrected chi connectivity index (χ3v) is 3.77. The Kier molecular flexibility index (Phi) is 4.04. The minimum Gasteiger partial charge on any atom is -0.324 e. The first-order valence-corrected chi connectivity index (χ1v) is 6.74. The van der Waals surface area contributed by atoms with E-state index in [-0.39, 0.29) is 11.6 Å². The van der Waals surface area contributed by atoms with Crippen LogP contribution in [0.25, 0.3) is 0 Å². The van der Waals surface area contributed by atoms with Crippen LogP contribution in [0.1, 0.15) is 31.7 Å². The fourth-order valence-electron chi connectivity index (χ4n) is 2.46. The molecule has 20 heavy (non-hydrogen) atoms. The number of piperidine rings is 1. The largest absolute Gasteiger partial charge is 0.324 e. The molecule has 1 aromatic rings. The zero-order valence-corrected chi connectivity index (χ0v) is 11.7. The van der Waals surface area contributed by atoms with Gasteiger partial charge in [-0.05, 0) is 51.8 Å². The first-order valence-electron chi connectivity index (χ1n) is 6.74. The average molecular weight is 277 g/mol. The molecular formula is C14H19N3O3. The number of benzene rings is 1. The van der Waals surface area contributed by atoms with Gasteiger partial charge in [0.2, 0.25) is 5.91 Å². The van der Waals surface area contributed by atoms with Crippen LogP contribution < -0.4 is 10.6 Å². The van der Waals surface area contributed by atoms with Gasteiger partial charge in [0.05, 0.1) is 10.5 Å². The molecule has 1 aliphatic heterocycles. The molecule has 1 aliphatic rings. The predicted molar refractivity (Wildman–Crippen MR) is 76.7 cm³/mol. The van der Waals surface area contributed by atoms with Gasteiger partial charge in [-0.3, -0.25) is 14.9 Å². The highest BCUT2D eigenvalue weighted by Crippen LogP contribution is 2.24. The predicted octanol–water partition coefficient (Wildman–Crippen LogP) is 2.37. The molecule has 2 rings (SSSR count). The Hall–Kier alpha value is -1.95. The molecule has 1 aromatic carbocycles. The van der Waals surface area contributed by atoms with Crippen molar-refractivity contribution >= 4 is 17.3 Å². The highest BCUT2D eigenvalue weighted by Gasteiger charge is 2.34. The lowest BCUT2D eigenvalue weighted by Crippen LogP contribution is -2.54. The van der Waals surface area contributed by atoms with Gasteiger partial charge in [-0.1, -0.05) is 0 Å². The van der Waals surface area contributed by atoms with Gasteiger partial charge < -0.3 is 10.6 Å². The van der Waals surface area contributed by atoms with Crippen molar-refractivity contribution in [3.8, 4) is 0 Å². The lowest BCUT2D eigenvalue weighted by molar-refractivity contribution is -0.385. The van der Waals surface area contributed by atoms with E-state index in [9.17, 15) is 14.9 Å². The molecule has 6 nitrogen and oxygen atoms in total. The maximum absolute atomic E-state index is 12.3. The summed E-state index contributed by atoms with van der Waals surface area (Å²) in [6, 6.07) is 4.61. The van der Waals surface area contributed by atoms with Gasteiger partial charge in [0.1, 0.15) is 0 Å². The number of nitrogens with one attached hydrogen (secondary N) is 2. The zero-order chi connectivity index (χ0) is 14.8. The van der Waals surface area contributed by atoms with Crippen molar-refractivity contribution in [2.75, 3.05) is 11.9 Å². The number of nitro benzene ring substituents is 1. The SMILES string of the molecule is Cc1cc(NC(=O)C2(C)CCCCN2)ccc1[N+](=O)[O-]. The zero-order valence-electron chi connectivity index (χ0n) is 11.7. The van der Waals surface area contributed by atoms with Crippen molar-refractivity contribution in [3.05, 3.63) is 33.9 Å². The molecule has 0 bridgehead atoms. The molecule has 2 N–H and O–H groups in total. The highest BCUT2D eigenvalue weighted by atomic mass is 16.6. The molecule has 1 amide bonds. The summed E-state index contributed by atoms with van der Waals surface area (Å²) in [5.41, 5.74) is 0.625. The van der Waals surface area contributed by atoms with Crippen LogP contribution in [0, 0.1) is 17.0 Å². The maximum Gasteiger partial charge on any atom is 0.272 e. The summed E-state index contributed by atoms with van der Waals surface area (Å²) < 4.78 is 0. The van der Waals surface area contributed by atoms with E-state index in [1.54, 1.807) is 19.1 Å². The summed E-state index contributed by atoms with van der Waals surface area (Å²) in [4.78, 5) is 22.6. The molecule has 1 unspecified atom stereocenters. The highest BCUT2D eigenvalue weighted by molar-refractivity contribution is 5.98. The van der Waals surface area contributed by atoms with Gasteiger partial charge >= 0.3 is 0 Å². The van der Waals surface area contributed by atoms with E-state index >= 15 is 0 Å². The summed E-state index contributed by atoms with van der Waals surface area (Å²) >= 11 is 0. The third-order valence-electron chi connectivity index (χ3n) is 3.77. The second kappa shape index (κ2) is 5.58. The lowest BCUT2D eigenvalue weighted by atomic mass is 9.90. The number of nitro groups is 1. The Bertz CT molecular complexity index is 536. The number of anilines is 1. The summed E-state index contributed by atoms with van der Waals surface area (Å²) in [5, 5.41) is 16.8. The van der Waals surface area contributed by atoms with E-state index in [1.807, 2.05) is 6.92 Å². The molecule has 1 saturated heterocycles. The molecule has 1 heterocycles. The van der Waals surface area contributed by atoms with Crippen LogP contribution in [0.2, 0.25) is 0 Å². The quantitative estimate of drug-likeness (QED) is 0.656. The van der Waals surface area contributed by atoms with Gasteiger partial charge in [-0.15, -0.1) is 0 Å². The third kappa shape index (κ3) is 2.96. The fourth-order valence-corrected chi connectivity index (χ4v) is 2.46. The van der Waals surface area contributed by atoms with Gasteiger partial charge in [0, 0.05) is 17.3 Å². The monoisotopic (exact) mass is 277 g/mol. The van der Waals surface area contributed by atoms with Gasteiger partial charge in [-0.25, -0.2) is 0 Å². The second-order valence-corrected chi connectivity index (χ2v) is 5.43. The molecule has 0 aromatic heterocycles. The second-order valence-electron chi connectivity index (χ2n) is 5.43. The minimum absolute atomic E-state index is 0.0602. The smallest absolute Gasteiger partial charge is 0.272 e. The summed E-state index contributed by atoms with van der Waals surface area (Å²) in [6.45, 7) is 4.39. The average Bonchev–Trinajstić information content (AvgIpc) is 2.39. The Morgan fingerprint density at radius 3 is 2.75 bits per heavy atom. The maximum atomic E-state index is 12.3. The van der Waals surface area contributed by atoms with Crippen molar-refractivity contribution in [1.82, 2.24) is 5.32 Å². The van der Waals surface area contributed by atoms with Crippen molar-refractivity contribution in [3.63, 3.8) is 0 Å². The number of hydrogen-bond donors (Lipinski definition) is 2. The van der Waals surface area contributed by atoms with E-state index in [2.05, 4.69) is 10.6 Å². The summed E-state index contributed by atoms with van der Waals surface area (Å²) in [7, 11) is 0. The molecule has 0 radical (unpaired) electrons. The summed E-state index contributed by atoms with van der Waals surface area (Å²) in [5.74, 6) is -0.0922. The Morgan fingerprint density at radius 1 is 1.45 bits per heavy atom. The Morgan fingerprint density at radius 2 is 2.20 bits per heavy atom. The van der Waals surface area contributed by atoms with Crippen LogP contribution in [0.3, 0.4) is 0 Å². The number of rotatable bonds is 3. The fraction of sp³-hybridized carbons (Fsp3) is 0.500. The minimum atomic E-state index is -0.562. The number of nitrogens with zero attached hydrogens (tertiary/aromatic N) is 1. The van der Waals surface area contributed by atoms with Crippen LogP contribution in [0.5, 0.6) is 0 Å². The van der Waals surface area contributed by atoms with Gasteiger partial charge in [0.25, 0.3) is 5.69 Å². The van der Waals surface area contributed by atoms with E-state index < -0.39 is 10.5 Å². The molecule has 0 spiro atoms. The first-order chi connectivity index (χ1) is 9.42. The van der Waals surface area contributed by atoms with E-state index in [1.165, 1.54) is 6.07 Å². The van der Waals surface area contributed by atoms with Crippen LogP contribution in [0.15, 0.2) is 18.2 Å². The Balaban J connectivity index is 2.12. The number of hydrogen-bond acceptors (Lipinski definition) is 4. The number of amides is 1. The number of carbonyl (C=O) groups excluding carboxylic acids is 1. The topological polar surface area (TPSA) is 84.3 Å². The van der Waals surface area contributed by atoms with Crippen LogP contribution in [-0.4, -0.2) is 22.9 Å². The van der Waals surface area contributed by atoms with Gasteiger partial charge in [-0.2, -0.15) is 0 Å². The normalized spacial score (nSPS) is 22.3. The Labute approximate surface area is 117 Å². The first kappa shape index (κ1) is 14.5. The van der Waals surface area contributed by atoms with Crippen molar-refractivity contribution in [2.45, 2.75) is 38.6 Å². The van der Waals surface area contributed by atoms with E-state index in [0.717, 1.165) is 25.8 Å². The van der Waals surface area contributed by atoms with E-state index in [4.69, 9.17) is 0 Å². The number of carbonyl (C=O) groups is 1. The standard InChI is InChI=1S/C14H19N3O3/c1-10-9-11(5-6-12(10)17(19)20)16-13(18)14(2)7-3-4-8-15-14/h5-6,9,15H,3-4,7-8H2,1-2H3,(H,16,18). The van der Waals surface area contributed by atoms with Crippen LogP contribution in [0.4, 0.5) is 11.4 Å². The van der Waals surface area contributed by atoms with Gasteiger partial charge in [0.15, 0.2) is 0 Å². The van der Waals surface area contributed by atoms with Crippen LogP contribution >= 0.6 is 0 Å². The van der Waals surface area contributed by atoms with Crippen molar-refractivity contribution < 1.29 is 9.72 Å². The lowest BCUT2D eigenvalue weighted by Gasteiger charge is -2.33. The molecule has 108 valence electrons. The molecule has 0 aliphatic carbocycles. The van der Waals surface area contributed by atoms with Crippen LogP contribution in [-0.2, 0) is 4.79 Å². The number of aryl methyl sites for hydroxylation is 1.